The predicted molar refractivity (Wildman–Crippen MR) is 94.7 cm³/mol. The average molecular weight is 353 g/mol. The lowest BCUT2D eigenvalue weighted by molar-refractivity contribution is -0.140. The van der Waals surface area contributed by atoms with Crippen LogP contribution in [0.5, 0.6) is 0 Å². The van der Waals surface area contributed by atoms with E-state index in [2.05, 4.69) is 10.1 Å². The summed E-state index contributed by atoms with van der Waals surface area (Å²) in [5.74, 6) is 0.427. The Morgan fingerprint density at radius 2 is 2.19 bits per heavy atom. The summed E-state index contributed by atoms with van der Waals surface area (Å²) >= 11 is 0. The number of amides is 2. The highest BCUT2D eigenvalue weighted by atomic mass is 16.2. The van der Waals surface area contributed by atoms with Gasteiger partial charge in [-0.1, -0.05) is 6.07 Å². The van der Waals surface area contributed by atoms with Gasteiger partial charge >= 0.3 is 0 Å². The topological polar surface area (TPSA) is 71.3 Å². The van der Waals surface area contributed by atoms with Crippen LogP contribution >= 0.6 is 0 Å². The van der Waals surface area contributed by atoms with Crippen molar-refractivity contribution in [3.8, 4) is 0 Å². The molecule has 0 aliphatic carbocycles. The van der Waals surface area contributed by atoms with Gasteiger partial charge in [0.1, 0.15) is 0 Å². The molecule has 2 atom stereocenters. The van der Waals surface area contributed by atoms with Gasteiger partial charge in [-0.25, -0.2) is 0 Å². The fraction of sp³-hybridized carbons (Fsp3) is 0.474. The Morgan fingerprint density at radius 3 is 2.92 bits per heavy atom. The van der Waals surface area contributed by atoms with Gasteiger partial charge in [0, 0.05) is 51.8 Å². The number of aromatic nitrogens is 3. The van der Waals surface area contributed by atoms with Gasteiger partial charge in [0.25, 0.3) is 0 Å². The molecule has 26 heavy (non-hydrogen) atoms. The summed E-state index contributed by atoms with van der Waals surface area (Å²) < 4.78 is 1.70. The molecule has 2 aliphatic rings. The lowest BCUT2D eigenvalue weighted by atomic mass is 9.88. The van der Waals surface area contributed by atoms with Gasteiger partial charge in [0.05, 0.1) is 18.0 Å². The maximum absolute atomic E-state index is 12.9. The van der Waals surface area contributed by atoms with E-state index >= 15 is 0 Å². The van der Waals surface area contributed by atoms with Crippen LogP contribution < -0.4 is 0 Å². The quantitative estimate of drug-likeness (QED) is 0.818. The van der Waals surface area contributed by atoms with E-state index in [-0.39, 0.29) is 23.7 Å². The minimum Gasteiger partial charge on any atom is -0.341 e. The molecular weight excluding hydrogens is 330 g/mol. The first-order valence-corrected chi connectivity index (χ1v) is 9.04. The van der Waals surface area contributed by atoms with Gasteiger partial charge in [0.2, 0.25) is 11.8 Å². The molecule has 7 nitrogen and oxygen atoms in total. The van der Waals surface area contributed by atoms with Gasteiger partial charge in [-0.15, -0.1) is 0 Å². The summed E-state index contributed by atoms with van der Waals surface area (Å²) in [6.07, 6.45) is 6.63. The standard InChI is InChI=1S/C19H23N5O2/c1-22-7-5-16(21-22)9-18(25)24-12-15-4-8-23(19(26)17(15)13-24)11-14-3-2-6-20-10-14/h2-3,5-7,10,15,17H,4,8-9,11-13H2,1H3. The third-order valence-corrected chi connectivity index (χ3v) is 5.39. The van der Waals surface area contributed by atoms with Crippen LogP contribution in [0.4, 0.5) is 0 Å². The normalized spacial score (nSPS) is 22.6. The van der Waals surface area contributed by atoms with Crippen molar-refractivity contribution in [2.45, 2.75) is 19.4 Å². The molecule has 0 N–H and O–H groups in total. The second kappa shape index (κ2) is 6.90. The van der Waals surface area contributed by atoms with Crippen molar-refractivity contribution in [2.24, 2.45) is 18.9 Å². The van der Waals surface area contributed by atoms with Gasteiger partial charge < -0.3 is 9.80 Å². The first kappa shape index (κ1) is 16.8. The molecule has 2 aromatic heterocycles. The van der Waals surface area contributed by atoms with Crippen molar-refractivity contribution in [3.63, 3.8) is 0 Å². The Labute approximate surface area is 152 Å². The number of aryl methyl sites for hydroxylation is 1. The van der Waals surface area contributed by atoms with E-state index in [1.54, 1.807) is 17.1 Å². The Bertz CT molecular complexity index is 803. The molecule has 136 valence electrons. The van der Waals surface area contributed by atoms with Gasteiger partial charge in [-0.05, 0) is 30.0 Å². The Morgan fingerprint density at radius 1 is 1.31 bits per heavy atom. The zero-order valence-electron chi connectivity index (χ0n) is 14.9. The highest BCUT2D eigenvalue weighted by Gasteiger charge is 2.44. The van der Waals surface area contributed by atoms with Crippen LogP contribution in [-0.4, -0.2) is 56.0 Å². The summed E-state index contributed by atoms with van der Waals surface area (Å²) in [4.78, 5) is 33.4. The number of pyridine rings is 1. The Kier molecular flexibility index (Phi) is 4.44. The summed E-state index contributed by atoms with van der Waals surface area (Å²) in [5.41, 5.74) is 1.82. The third kappa shape index (κ3) is 3.34. The lowest BCUT2D eigenvalue weighted by Gasteiger charge is -2.33. The molecule has 0 radical (unpaired) electrons. The Hall–Kier alpha value is -2.70. The van der Waals surface area contributed by atoms with Crippen LogP contribution in [0.1, 0.15) is 17.7 Å². The smallest absolute Gasteiger partial charge is 0.228 e. The van der Waals surface area contributed by atoms with E-state index < -0.39 is 0 Å². The Balaban J connectivity index is 1.38. The minimum absolute atomic E-state index is 0.0599. The number of carbonyl (C=O) groups is 2. The zero-order chi connectivity index (χ0) is 18.1. The van der Waals surface area contributed by atoms with E-state index in [4.69, 9.17) is 0 Å². The van der Waals surface area contributed by atoms with Crippen LogP contribution in [0.3, 0.4) is 0 Å². The molecule has 2 saturated heterocycles. The fourth-order valence-electron chi connectivity index (χ4n) is 4.01. The largest absolute Gasteiger partial charge is 0.341 e. The SMILES string of the molecule is Cn1ccc(CC(=O)N2CC3CCN(Cc4cccnc4)C(=O)C3C2)n1. The van der Waals surface area contributed by atoms with E-state index in [1.165, 1.54) is 0 Å². The summed E-state index contributed by atoms with van der Waals surface area (Å²) in [6, 6.07) is 5.74. The van der Waals surface area contributed by atoms with Crippen molar-refractivity contribution >= 4 is 11.8 Å². The molecule has 2 aliphatic heterocycles. The number of hydrogen-bond donors (Lipinski definition) is 0. The summed E-state index contributed by atoms with van der Waals surface area (Å²) in [7, 11) is 1.84. The van der Waals surface area contributed by atoms with E-state index in [9.17, 15) is 9.59 Å². The van der Waals surface area contributed by atoms with Crippen molar-refractivity contribution < 1.29 is 9.59 Å². The zero-order valence-corrected chi connectivity index (χ0v) is 14.9. The molecule has 2 aromatic rings. The van der Waals surface area contributed by atoms with Crippen LogP contribution in [0, 0.1) is 11.8 Å². The van der Waals surface area contributed by atoms with Gasteiger partial charge in [-0.2, -0.15) is 5.10 Å². The van der Waals surface area contributed by atoms with Gasteiger partial charge in [0.15, 0.2) is 0 Å². The fourth-order valence-corrected chi connectivity index (χ4v) is 4.01. The molecule has 0 spiro atoms. The first-order valence-electron chi connectivity index (χ1n) is 9.04. The second-order valence-corrected chi connectivity index (χ2v) is 7.23. The first-order chi connectivity index (χ1) is 12.6. The van der Waals surface area contributed by atoms with E-state index in [0.717, 1.165) is 24.2 Å². The van der Waals surface area contributed by atoms with Gasteiger partial charge in [-0.3, -0.25) is 19.3 Å². The third-order valence-electron chi connectivity index (χ3n) is 5.39. The number of carbonyl (C=O) groups excluding carboxylic acids is 2. The number of piperidine rings is 1. The molecule has 2 unspecified atom stereocenters. The molecule has 2 fully saturated rings. The number of rotatable bonds is 4. The maximum Gasteiger partial charge on any atom is 0.228 e. The van der Waals surface area contributed by atoms with E-state index in [1.807, 2.05) is 41.2 Å². The van der Waals surface area contributed by atoms with Crippen molar-refractivity contribution in [1.82, 2.24) is 24.6 Å². The number of fused-ring (bicyclic) bond motifs is 1. The highest BCUT2D eigenvalue weighted by Crippen LogP contribution is 2.33. The molecule has 0 bridgehead atoms. The average Bonchev–Trinajstić information content (AvgIpc) is 3.25. The summed E-state index contributed by atoms with van der Waals surface area (Å²) in [6.45, 7) is 2.55. The van der Waals surface area contributed by atoms with Crippen LogP contribution in [-0.2, 0) is 29.6 Å². The van der Waals surface area contributed by atoms with Crippen molar-refractivity contribution in [2.75, 3.05) is 19.6 Å². The lowest BCUT2D eigenvalue weighted by Crippen LogP contribution is -2.44. The number of hydrogen-bond acceptors (Lipinski definition) is 4. The molecule has 0 aromatic carbocycles. The number of nitrogens with zero attached hydrogens (tertiary/aromatic N) is 5. The van der Waals surface area contributed by atoms with Crippen molar-refractivity contribution in [3.05, 3.63) is 48.0 Å². The minimum atomic E-state index is -0.0758. The maximum atomic E-state index is 12.9. The van der Waals surface area contributed by atoms with Crippen LogP contribution in [0.25, 0.3) is 0 Å². The molecule has 0 saturated carbocycles. The molecule has 7 heteroatoms. The monoisotopic (exact) mass is 353 g/mol. The molecule has 4 heterocycles. The number of likely N-dealkylation sites (tertiary alicyclic amines) is 2. The summed E-state index contributed by atoms with van der Waals surface area (Å²) in [5, 5.41) is 4.27. The van der Waals surface area contributed by atoms with Crippen LogP contribution in [0.15, 0.2) is 36.8 Å². The van der Waals surface area contributed by atoms with Crippen LogP contribution in [0.2, 0.25) is 0 Å². The second-order valence-electron chi connectivity index (χ2n) is 7.23. The molecular formula is C19H23N5O2. The highest BCUT2D eigenvalue weighted by molar-refractivity contribution is 5.84. The van der Waals surface area contributed by atoms with E-state index in [0.29, 0.717) is 26.1 Å². The molecule has 4 rings (SSSR count). The van der Waals surface area contributed by atoms with Crippen molar-refractivity contribution in [1.29, 1.82) is 0 Å². The predicted octanol–water partition coefficient (Wildman–Crippen LogP) is 0.865. The molecule has 2 amide bonds.